The molecule has 1 heterocycles. The number of amides is 1. The number of carbonyl (C=O) groups is 2. The van der Waals surface area contributed by atoms with Crippen molar-refractivity contribution in [3.63, 3.8) is 0 Å². The Bertz CT molecular complexity index is 938. The maximum absolute atomic E-state index is 13.0. The normalized spacial score (nSPS) is 10.9. The molecule has 0 aliphatic carbocycles. The molecule has 0 aliphatic rings. The molecule has 2 aromatic carbocycles. The van der Waals surface area contributed by atoms with Crippen LogP contribution in [0.3, 0.4) is 0 Å². The molecular weight excluding hydrogens is 330 g/mol. The summed E-state index contributed by atoms with van der Waals surface area (Å²) in [5.74, 6) is 0.582. The van der Waals surface area contributed by atoms with Crippen LogP contribution < -0.4 is 10.1 Å². The van der Waals surface area contributed by atoms with Crippen molar-refractivity contribution in [1.82, 2.24) is 0 Å². The van der Waals surface area contributed by atoms with Gasteiger partial charge in [-0.05, 0) is 42.3 Å². The van der Waals surface area contributed by atoms with Crippen LogP contribution in [0.25, 0.3) is 11.0 Å². The number of carbonyl (C=O) groups excluding carboxylic acids is 2. The lowest BCUT2D eigenvalue weighted by atomic mass is 10.1. The monoisotopic (exact) mass is 351 g/mol. The van der Waals surface area contributed by atoms with Crippen LogP contribution in [0.1, 0.15) is 36.4 Å². The Morgan fingerprint density at radius 2 is 1.77 bits per heavy atom. The van der Waals surface area contributed by atoms with Crippen LogP contribution >= 0.6 is 0 Å². The molecule has 26 heavy (non-hydrogen) atoms. The summed E-state index contributed by atoms with van der Waals surface area (Å²) in [5.41, 5.74) is 1.44. The van der Waals surface area contributed by atoms with Gasteiger partial charge in [-0.25, -0.2) is 0 Å². The smallest absolute Gasteiger partial charge is 0.230 e. The first-order valence-electron chi connectivity index (χ1n) is 8.49. The predicted molar refractivity (Wildman–Crippen MR) is 101 cm³/mol. The van der Waals surface area contributed by atoms with Gasteiger partial charge in [-0.1, -0.05) is 26.0 Å². The van der Waals surface area contributed by atoms with E-state index in [4.69, 9.17) is 9.15 Å². The van der Waals surface area contributed by atoms with E-state index in [1.165, 1.54) is 0 Å². The second-order valence-corrected chi connectivity index (χ2v) is 6.51. The molecule has 3 rings (SSSR count). The van der Waals surface area contributed by atoms with Crippen LogP contribution in [-0.2, 0) is 4.79 Å². The molecule has 0 saturated carbocycles. The Hall–Kier alpha value is -3.08. The minimum absolute atomic E-state index is 0.133. The molecule has 0 aliphatic heterocycles. The van der Waals surface area contributed by atoms with Gasteiger partial charge in [0, 0.05) is 17.4 Å². The lowest BCUT2D eigenvalue weighted by Gasteiger charge is -2.08. The topological polar surface area (TPSA) is 68.5 Å². The molecule has 0 fully saturated rings. The van der Waals surface area contributed by atoms with Crippen LogP contribution in [0.5, 0.6) is 5.75 Å². The first-order chi connectivity index (χ1) is 12.5. The zero-order chi connectivity index (χ0) is 18.7. The standard InChI is InChI=1S/C21H21NO4/c1-13(2)12-18(23)22-19-16-6-4-5-7-17(16)26-21(19)20(24)14-8-10-15(25-3)11-9-14/h4-11,13H,12H2,1-3H3,(H,22,23). The third-order valence-corrected chi connectivity index (χ3v) is 4.01. The fourth-order valence-electron chi connectivity index (χ4n) is 2.76. The number of para-hydroxylation sites is 1. The number of ether oxygens (including phenoxy) is 1. The summed E-state index contributed by atoms with van der Waals surface area (Å²) in [6, 6.07) is 14.1. The summed E-state index contributed by atoms with van der Waals surface area (Å²) in [6.45, 7) is 3.94. The van der Waals surface area contributed by atoms with E-state index in [2.05, 4.69) is 5.32 Å². The van der Waals surface area contributed by atoms with E-state index in [0.29, 0.717) is 34.4 Å². The molecule has 1 amide bonds. The van der Waals surface area contributed by atoms with Crippen LogP contribution in [0.2, 0.25) is 0 Å². The number of hydrogen-bond donors (Lipinski definition) is 1. The Balaban J connectivity index is 2.02. The second-order valence-electron chi connectivity index (χ2n) is 6.51. The van der Waals surface area contributed by atoms with Crippen molar-refractivity contribution in [1.29, 1.82) is 0 Å². The Morgan fingerprint density at radius 3 is 2.42 bits per heavy atom. The number of methoxy groups -OCH3 is 1. The third-order valence-electron chi connectivity index (χ3n) is 4.01. The van der Waals surface area contributed by atoms with Crippen LogP contribution in [0.15, 0.2) is 52.9 Å². The number of ketones is 1. The van der Waals surface area contributed by atoms with E-state index >= 15 is 0 Å². The molecule has 5 heteroatoms. The van der Waals surface area contributed by atoms with Gasteiger partial charge in [-0.15, -0.1) is 0 Å². The summed E-state index contributed by atoms with van der Waals surface area (Å²) in [5, 5.41) is 3.57. The van der Waals surface area contributed by atoms with Gasteiger partial charge in [0.05, 0.1) is 12.8 Å². The van der Waals surface area contributed by atoms with Crippen molar-refractivity contribution in [2.75, 3.05) is 12.4 Å². The van der Waals surface area contributed by atoms with Gasteiger partial charge in [0.2, 0.25) is 11.7 Å². The van der Waals surface area contributed by atoms with Crippen molar-refractivity contribution in [3.8, 4) is 5.75 Å². The highest BCUT2D eigenvalue weighted by Gasteiger charge is 2.23. The molecule has 0 unspecified atom stereocenters. The zero-order valence-corrected chi connectivity index (χ0v) is 15.0. The van der Waals surface area contributed by atoms with Crippen LogP contribution in [0, 0.1) is 5.92 Å². The van der Waals surface area contributed by atoms with Gasteiger partial charge in [-0.3, -0.25) is 9.59 Å². The fraction of sp³-hybridized carbons (Fsp3) is 0.238. The van der Waals surface area contributed by atoms with Gasteiger partial charge in [0.25, 0.3) is 0 Å². The van der Waals surface area contributed by atoms with Crippen molar-refractivity contribution in [2.45, 2.75) is 20.3 Å². The van der Waals surface area contributed by atoms with Gasteiger partial charge < -0.3 is 14.5 Å². The Morgan fingerprint density at radius 1 is 1.08 bits per heavy atom. The molecule has 0 spiro atoms. The molecule has 0 bridgehead atoms. The maximum atomic E-state index is 13.0. The van der Waals surface area contributed by atoms with Crippen molar-refractivity contribution >= 4 is 28.3 Å². The average Bonchev–Trinajstić information content (AvgIpc) is 2.99. The summed E-state index contributed by atoms with van der Waals surface area (Å²) < 4.78 is 10.9. The number of nitrogens with one attached hydrogen (secondary N) is 1. The number of furan rings is 1. The quantitative estimate of drug-likeness (QED) is 0.656. The Labute approximate surface area is 152 Å². The summed E-state index contributed by atoms with van der Waals surface area (Å²) in [4.78, 5) is 25.2. The molecule has 0 radical (unpaired) electrons. The number of rotatable bonds is 6. The summed E-state index contributed by atoms with van der Waals surface area (Å²) >= 11 is 0. The first-order valence-corrected chi connectivity index (χ1v) is 8.49. The van der Waals surface area contributed by atoms with E-state index in [1.807, 2.05) is 32.0 Å². The predicted octanol–water partition coefficient (Wildman–Crippen LogP) is 4.66. The fourth-order valence-corrected chi connectivity index (χ4v) is 2.76. The lowest BCUT2D eigenvalue weighted by molar-refractivity contribution is -0.116. The van der Waals surface area contributed by atoms with Crippen LogP contribution in [-0.4, -0.2) is 18.8 Å². The highest BCUT2D eigenvalue weighted by molar-refractivity contribution is 6.17. The molecule has 0 saturated heterocycles. The second kappa shape index (κ2) is 7.44. The van der Waals surface area contributed by atoms with Gasteiger partial charge in [0.15, 0.2) is 5.76 Å². The number of benzene rings is 2. The molecule has 5 nitrogen and oxygen atoms in total. The van der Waals surface area contributed by atoms with Gasteiger partial charge in [0.1, 0.15) is 11.3 Å². The SMILES string of the molecule is COc1ccc(C(=O)c2oc3ccccc3c2NC(=O)CC(C)C)cc1. The van der Waals surface area contributed by atoms with Crippen molar-refractivity contribution in [3.05, 3.63) is 59.9 Å². The molecule has 1 aromatic heterocycles. The van der Waals surface area contributed by atoms with E-state index in [0.717, 1.165) is 0 Å². The molecule has 0 atom stereocenters. The number of hydrogen-bond acceptors (Lipinski definition) is 4. The van der Waals surface area contributed by atoms with Gasteiger partial charge >= 0.3 is 0 Å². The van der Waals surface area contributed by atoms with Crippen molar-refractivity contribution in [2.24, 2.45) is 5.92 Å². The Kier molecular flexibility index (Phi) is 5.07. The van der Waals surface area contributed by atoms with Gasteiger partial charge in [-0.2, -0.15) is 0 Å². The van der Waals surface area contributed by atoms with Crippen LogP contribution in [0.4, 0.5) is 5.69 Å². The maximum Gasteiger partial charge on any atom is 0.230 e. The summed E-state index contributed by atoms with van der Waals surface area (Å²) in [7, 11) is 1.57. The molecule has 3 aromatic rings. The third kappa shape index (κ3) is 3.61. The number of anilines is 1. The summed E-state index contributed by atoms with van der Waals surface area (Å²) in [6.07, 6.45) is 0.371. The largest absolute Gasteiger partial charge is 0.497 e. The van der Waals surface area contributed by atoms with Crippen molar-refractivity contribution < 1.29 is 18.7 Å². The van der Waals surface area contributed by atoms with E-state index < -0.39 is 0 Å². The van der Waals surface area contributed by atoms with E-state index in [1.54, 1.807) is 37.4 Å². The molecular formula is C21H21NO4. The van der Waals surface area contributed by atoms with E-state index in [9.17, 15) is 9.59 Å². The lowest BCUT2D eigenvalue weighted by Crippen LogP contribution is -2.15. The highest BCUT2D eigenvalue weighted by Crippen LogP contribution is 2.33. The minimum atomic E-state index is -0.288. The molecule has 1 N–H and O–H groups in total. The number of fused-ring (bicyclic) bond motifs is 1. The van der Waals surface area contributed by atoms with E-state index in [-0.39, 0.29) is 23.4 Å². The highest BCUT2D eigenvalue weighted by atomic mass is 16.5. The molecule has 134 valence electrons. The zero-order valence-electron chi connectivity index (χ0n) is 15.0. The first kappa shape index (κ1) is 17.7. The minimum Gasteiger partial charge on any atom is -0.497 e. The average molecular weight is 351 g/mol.